The fraction of sp³-hybridized carbons (Fsp3) is 0.636. The van der Waals surface area contributed by atoms with Crippen molar-refractivity contribution in [2.45, 2.75) is 32.2 Å². The van der Waals surface area contributed by atoms with Crippen molar-refractivity contribution < 1.29 is 19.1 Å². The molecular weight excluding hydrogens is 210 g/mol. The van der Waals surface area contributed by atoms with Gasteiger partial charge >= 0.3 is 11.9 Å². The second kappa shape index (κ2) is 6.15. The molecule has 1 N–H and O–H groups in total. The molecule has 1 aliphatic rings. The molecule has 0 fully saturated rings. The van der Waals surface area contributed by atoms with Crippen molar-refractivity contribution >= 4 is 11.9 Å². The highest BCUT2D eigenvalue weighted by atomic mass is 16.5. The summed E-state index contributed by atoms with van der Waals surface area (Å²) < 4.78 is 9.60. The van der Waals surface area contributed by atoms with E-state index in [9.17, 15) is 9.59 Å². The average molecular weight is 227 g/mol. The van der Waals surface area contributed by atoms with E-state index in [1.807, 2.05) is 6.92 Å². The number of unbranched alkanes of at least 4 members (excludes halogenated alkanes) is 1. The summed E-state index contributed by atoms with van der Waals surface area (Å²) >= 11 is 0. The Labute approximate surface area is 94.8 Å². The maximum absolute atomic E-state index is 11.5. The second-order valence-electron chi connectivity index (χ2n) is 3.61. The lowest BCUT2D eigenvalue weighted by Crippen LogP contribution is -2.31. The SMILES string of the molecule is CCCCOC(=O)[C@@H]1CC(C(=O)OC)=CN1. The Morgan fingerprint density at radius 2 is 2.31 bits per heavy atom. The first kappa shape index (κ1) is 12.5. The van der Waals surface area contributed by atoms with Gasteiger partial charge in [0, 0.05) is 12.6 Å². The molecule has 1 atom stereocenters. The van der Waals surface area contributed by atoms with E-state index in [0.717, 1.165) is 12.8 Å². The standard InChI is InChI=1S/C11H17NO4/c1-3-4-5-16-11(14)9-6-8(7-12-9)10(13)15-2/h7,9,12H,3-6H2,1-2H3/t9-/m0/s1. The predicted octanol–water partition coefficient (Wildman–Crippen LogP) is 0.748. The molecule has 1 rings (SSSR count). The van der Waals surface area contributed by atoms with Crippen molar-refractivity contribution in [2.75, 3.05) is 13.7 Å². The minimum Gasteiger partial charge on any atom is -0.466 e. The Bertz CT molecular complexity index is 298. The van der Waals surface area contributed by atoms with Crippen LogP contribution in [0, 0.1) is 0 Å². The molecule has 0 radical (unpaired) electrons. The van der Waals surface area contributed by atoms with Gasteiger partial charge in [-0.15, -0.1) is 0 Å². The van der Waals surface area contributed by atoms with E-state index in [4.69, 9.17) is 4.74 Å². The van der Waals surface area contributed by atoms with Gasteiger partial charge in [-0.05, 0) is 6.42 Å². The molecule has 0 aromatic heterocycles. The van der Waals surface area contributed by atoms with Gasteiger partial charge in [-0.25, -0.2) is 9.59 Å². The van der Waals surface area contributed by atoms with E-state index in [0.29, 0.717) is 18.6 Å². The van der Waals surface area contributed by atoms with Crippen LogP contribution in [0.2, 0.25) is 0 Å². The van der Waals surface area contributed by atoms with Crippen LogP contribution in [0.15, 0.2) is 11.8 Å². The Morgan fingerprint density at radius 3 is 2.94 bits per heavy atom. The lowest BCUT2D eigenvalue weighted by atomic mass is 10.1. The summed E-state index contributed by atoms with van der Waals surface area (Å²) in [5.41, 5.74) is 0.472. The van der Waals surface area contributed by atoms with Crippen LogP contribution in [0.25, 0.3) is 0 Å². The summed E-state index contributed by atoms with van der Waals surface area (Å²) in [6, 6.07) is -0.453. The van der Waals surface area contributed by atoms with Crippen LogP contribution >= 0.6 is 0 Å². The van der Waals surface area contributed by atoms with Crippen molar-refractivity contribution in [3.05, 3.63) is 11.8 Å². The number of ether oxygens (including phenoxy) is 2. The maximum atomic E-state index is 11.5. The van der Waals surface area contributed by atoms with E-state index >= 15 is 0 Å². The maximum Gasteiger partial charge on any atom is 0.335 e. The highest BCUT2D eigenvalue weighted by molar-refractivity contribution is 5.91. The molecule has 1 heterocycles. The van der Waals surface area contributed by atoms with Gasteiger partial charge in [0.1, 0.15) is 6.04 Å². The van der Waals surface area contributed by atoms with Gasteiger partial charge < -0.3 is 14.8 Å². The van der Waals surface area contributed by atoms with Crippen molar-refractivity contribution in [1.82, 2.24) is 5.32 Å². The quantitative estimate of drug-likeness (QED) is 0.554. The molecule has 90 valence electrons. The minimum absolute atomic E-state index is 0.316. The molecule has 0 amide bonds. The van der Waals surface area contributed by atoms with Crippen LogP contribution < -0.4 is 5.32 Å². The number of rotatable bonds is 5. The van der Waals surface area contributed by atoms with Gasteiger partial charge in [0.25, 0.3) is 0 Å². The molecule has 5 heteroatoms. The highest BCUT2D eigenvalue weighted by Crippen LogP contribution is 2.14. The summed E-state index contributed by atoms with van der Waals surface area (Å²) in [4.78, 5) is 22.7. The Morgan fingerprint density at radius 1 is 1.56 bits per heavy atom. The van der Waals surface area contributed by atoms with Crippen LogP contribution in [0.1, 0.15) is 26.2 Å². The van der Waals surface area contributed by atoms with Crippen LogP contribution in [0.5, 0.6) is 0 Å². The summed E-state index contributed by atoms with van der Waals surface area (Å²) in [6.07, 6.45) is 3.68. The Kier molecular flexibility index (Phi) is 4.82. The summed E-state index contributed by atoms with van der Waals surface area (Å²) in [5.74, 6) is -0.722. The zero-order chi connectivity index (χ0) is 12.0. The smallest absolute Gasteiger partial charge is 0.335 e. The molecule has 0 unspecified atom stereocenters. The number of carbonyl (C=O) groups excluding carboxylic acids is 2. The average Bonchev–Trinajstić information content (AvgIpc) is 2.77. The first-order valence-electron chi connectivity index (χ1n) is 5.39. The second-order valence-corrected chi connectivity index (χ2v) is 3.61. The molecule has 16 heavy (non-hydrogen) atoms. The van der Waals surface area contributed by atoms with Gasteiger partial charge in [-0.2, -0.15) is 0 Å². The lowest BCUT2D eigenvalue weighted by molar-refractivity contribution is -0.145. The third-order valence-electron chi connectivity index (χ3n) is 2.36. The highest BCUT2D eigenvalue weighted by Gasteiger charge is 2.28. The molecule has 0 spiro atoms. The van der Waals surface area contributed by atoms with Crippen LogP contribution in [0.4, 0.5) is 0 Å². The third kappa shape index (κ3) is 3.25. The van der Waals surface area contributed by atoms with Crippen LogP contribution in [-0.4, -0.2) is 31.7 Å². The molecule has 0 aromatic carbocycles. The van der Waals surface area contributed by atoms with E-state index in [1.165, 1.54) is 13.3 Å². The fourth-order valence-corrected chi connectivity index (χ4v) is 1.38. The monoisotopic (exact) mass is 227 g/mol. The summed E-state index contributed by atoms with van der Waals surface area (Å²) in [5, 5.41) is 2.81. The lowest BCUT2D eigenvalue weighted by Gasteiger charge is -2.10. The number of methoxy groups -OCH3 is 1. The molecule has 0 bridgehead atoms. The van der Waals surface area contributed by atoms with Crippen molar-refractivity contribution in [3.8, 4) is 0 Å². The van der Waals surface area contributed by atoms with Crippen molar-refractivity contribution in [1.29, 1.82) is 0 Å². The number of carbonyl (C=O) groups is 2. The molecule has 0 aliphatic carbocycles. The summed E-state index contributed by atoms with van der Waals surface area (Å²) in [6.45, 7) is 2.46. The number of nitrogens with one attached hydrogen (secondary N) is 1. The predicted molar refractivity (Wildman–Crippen MR) is 57.5 cm³/mol. The molecule has 0 saturated heterocycles. The zero-order valence-corrected chi connectivity index (χ0v) is 9.62. The Hall–Kier alpha value is -1.52. The van der Waals surface area contributed by atoms with Crippen LogP contribution in [0.3, 0.4) is 0 Å². The molecule has 0 saturated carbocycles. The van der Waals surface area contributed by atoms with Gasteiger partial charge in [-0.1, -0.05) is 13.3 Å². The molecule has 5 nitrogen and oxygen atoms in total. The zero-order valence-electron chi connectivity index (χ0n) is 9.62. The van der Waals surface area contributed by atoms with E-state index in [1.54, 1.807) is 0 Å². The van der Waals surface area contributed by atoms with Crippen molar-refractivity contribution in [3.63, 3.8) is 0 Å². The Balaban J connectivity index is 2.32. The summed E-state index contributed by atoms with van der Waals surface area (Å²) in [7, 11) is 1.32. The molecule has 0 aromatic rings. The van der Waals surface area contributed by atoms with Gasteiger partial charge in [0.05, 0.1) is 19.3 Å². The fourth-order valence-electron chi connectivity index (χ4n) is 1.38. The van der Waals surface area contributed by atoms with Crippen LogP contribution in [-0.2, 0) is 19.1 Å². The number of hydrogen-bond donors (Lipinski definition) is 1. The van der Waals surface area contributed by atoms with Crippen molar-refractivity contribution in [2.24, 2.45) is 0 Å². The first-order chi connectivity index (χ1) is 7.69. The minimum atomic E-state index is -0.453. The van der Waals surface area contributed by atoms with E-state index in [2.05, 4.69) is 10.1 Å². The number of hydrogen-bond acceptors (Lipinski definition) is 5. The normalized spacial score (nSPS) is 18.6. The van der Waals surface area contributed by atoms with Gasteiger partial charge in [0.2, 0.25) is 0 Å². The largest absolute Gasteiger partial charge is 0.466 e. The third-order valence-corrected chi connectivity index (χ3v) is 2.36. The van der Waals surface area contributed by atoms with Gasteiger partial charge in [0.15, 0.2) is 0 Å². The van der Waals surface area contributed by atoms with E-state index < -0.39 is 12.0 Å². The van der Waals surface area contributed by atoms with Gasteiger partial charge in [-0.3, -0.25) is 0 Å². The molecular formula is C11H17NO4. The van der Waals surface area contributed by atoms with E-state index in [-0.39, 0.29) is 5.97 Å². The number of esters is 2. The topological polar surface area (TPSA) is 64.6 Å². The molecule has 1 aliphatic heterocycles. The first-order valence-corrected chi connectivity index (χ1v) is 5.39.